The molecule has 17 heavy (non-hydrogen) atoms. The van der Waals surface area contributed by atoms with Crippen LogP contribution in [0.4, 0.5) is 0 Å². The van der Waals surface area contributed by atoms with Gasteiger partial charge in [-0.3, -0.25) is 4.79 Å². The average molecular weight is 238 g/mol. The number of ether oxygens (including phenoxy) is 1. The van der Waals surface area contributed by atoms with Gasteiger partial charge in [0, 0.05) is 19.1 Å². The van der Waals surface area contributed by atoms with E-state index in [1.807, 2.05) is 4.90 Å². The predicted octanol–water partition coefficient (Wildman–Crippen LogP) is 0.764. The van der Waals surface area contributed by atoms with Gasteiger partial charge in [0.1, 0.15) is 0 Å². The SMILES string of the molecule is CC1CCC(CN2CC3NCCCC3C2=O)O1. The van der Waals surface area contributed by atoms with Crippen LogP contribution >= 0.6 is 0 Å². The zero-order valence-electron chi connectivity index (χ0n) is 10.5. The van der Waals surface area contributed by atoms with E-state index >= 15 is 0 Å². The molecule has 3 aliphatic heterocycles. The maximum atomic E-state index is 12.2. The predicted molar refractivity (Wildman–Crippen MR) is 64.7 cm³/mol. The van der Waals surface area contributed by atoms with E-state index in [4.69, 9.17) is 4.74 Å². The van der Waals surface area contributed by atoms with Crippen LogP contribution in [-0.4, -0.2) is 48.7 Å². The van der Waals surface area contributed by atoms with Crippen molar-refractivity contribution in [2.24, 2.45) is 5.92 Å². The second kappa shape index (κ2) is 4.58. The molecule has 0 aromatic heterocycles. The first-order valence-corrected chi connectivity index (χ1v) is 6.91. The van der Waals surface area contributed by atoms with Gasteiger partial charge in [-0.15, -0.1) is 0 Å². The van der Waals surface area contributed by atoms with Crippen LogP contribution in [-0.2, 0) is 9.53 Å². The van der Waals surface area contributed by atoms with Crippen LogP contribution in [0, 0.1) is 5.92 Å². The zero-order valence-corrected chi connectivity index (χ0v) is 10.5. The number of hydrogen-bond donors (Lipinski definition) is 1. The van der Waals surface area contributed by atoms with Crippen LogP contribution in [0.2, 0.25) is 0 Å². The minimum Gasteiger partial charge on any atom is -0.373 e. The highest BCUT2D eigenvalue weighted by molar-refractivity contribution is 5.82. The van der Waals surface area contributed by atoms with Gasteiger partial charge in [0.15, 0.2) is 0 Å². The summed E-state index contributed by atoms with van der Waals surface area (Å²) in [5.74, 6) is 0.591. The molecule has 0 aromatic carbocycles. The first-order chi connectivity index (χ1) is 8.24. The number of carbonyl (C=O) groups is 1. The number of fused-ring (bicyclic) bond motifs is 1. The van der Waals surface area contributed by atoms with E-state index in [2.05, 4.69) is 12.2 Å². The normalized spacial score (nSPS) is 41.9. The molecule has 4 heteroatoms. The Bertz CT molecular complexity index is 308. The number of amides is 1. The lowest BCUT2D eigenvalue weighted by Crippen LogP contribution is -2.41. The summed E-state index contributed by atoms with van der Waals surface area (Å²) in [6.07, 6.45) is 5.09. The molecule has 3 saturated heterocycles. The largest absolute Gasteiger partial charge is 0.373 e. The molecule has 3 fully saturated rings. The third-order valence-corrected chi connectivity index (χ3v) is 4.37. The van der Waals surface area contributed by atoms with Gasteiger partial charge in [-0.05, 0) is 39.2 Å². The molecule has 4 atom stereocenters. The van der Waals surface area contributed by atoms with Crippen molar-refractivity contribution in [1.82, 2.24) is 10.2 Å². The first kappa shape index (κ1) is 11.5. The first-order valence-electron chi connectivity index (χ1n) is 6.91. The van der Waals surface area contributed by atoms with Gasteiger partial charge in [-0.1, -0.05) is 0 Å². The molecule has 0 radical (unpaired) electrons. The van der Waals surface area contributed by atoms with E-state index in [-0.39, 0.29) is 12.0 Å². The second-order valence-corrected chi connectivity index (χ2v) is 5.70. The highest BCUT2D eigenvalue weighted by Crippen LogP contribution is 2.28. The Kier molecular flexibility index (Phi) is 3.09. The van der Waals surface area contributed by atoms with Gasteiger partial charge in [-0.2, -0.15) is 0 Å². The maximum absolute atomic E-state index is 12.2. The van der Waals surface area contributed by atoms with Crippen molar-refractivity contribution in [3.63, 3.8) is 0 Å². The molecule has 3 heterocycles. The monoisotopic (exact) mass is 238 g/mol. The standard InChI is InChI=1S/C13H22N2O2/c1-9-4-5-10(17-9)7-15-8-12-11(13(15)16)3-2-6-14-12/h9-12,14H,2-8H2,1H3. The van der Waals surface area contributed by atoms with Crippen LogP contribution in [0.15, 0.2) is 0 Å². The summed E-state index contributed by atoms with van der Waals surface area (Å²) in [5, 5.41) is 3.47. The van der Waals surface area contributed by atoms with Crippen molar-refractivity contribution in [2.45, 2.75) is 50.9 Å². The Morgan fingerprint density at radius 3 is 3.00 bits per heavy atom. The molecule has 1 N–H and O–H groups in total. The number of piperidine rings is 1. The number of rotatable bonds is 2. The topological polar surface area (TPSA) is 41.6 Å². The number of hydrogen-bond acceptors (Lipinski definition) is 3. The Hall–Kier alpha value is -0.610. The fourth-order valence-corrected chi connectivity index (χ4v) is 3.43. The molecule has 3 aliphatic rings. The van der Waals surface area contributed by atoms with Crippen LogP contribution < -0.4 is 5.32 Å². The smallest absolute Gasteiger partial charge is 0.227 e. The van der Waals surface area contributed by atoms with Crippen molar-refractivity contribution in [2.75, 3.05) is 19.6 Å². The third kappa shape index (κ3) is 2.20. The molecular weight excluding hydrogens is 216 g/mol. The van der Waals surface area contributed by atoms with E-state index < -0.39 is 0 Å². The van der Waals surface area contributed by atoms with Crippen molar-refractivity contribution in [1.29, 1.82) is 0 Å². The van der Waals surface area contributed by atoms with E-state index in [0.29, 0.717) is 18.1 Å². The summed E-state index contributed by atoms with van der Waals surface area (Å²) >= 11 is 0. The molecule has 3 rings (SSSR count). The fourth-order valence-electron chi connectivity index (χ4n) is 3.43. The Morgan fingerprint density at radius 2 is 2.29 bits per heavy atom. The quantitative estimate of drug-likeness (QED) is 0.772. The van der Waals surface area contributed by atoms with Gasteiger partial charge >= 0.3 is 0 Å². The van der Waals surface area contributed by atoms with E-state index in [1.54, 1.807) is 0 Å². The molecule has 0 spiro atoms. The average Bonchev–Trinajstić information content (AvgIpc) is 2.86. The fraction of sp³-hybridized carbons (Fsp3) is 0.923. The Labute approximate surface area is 103 Å². The summed E-state index contributed by atoms with van der Waals surface area (Å²) in [6.45, 7) is 4.88. The van der Waals surface area contributed by atoms with Crippen LogP contribution in [0.25, 0.3) is 0 Å². The molecule has 0 saturated carbocycles. The summed E-state index contributed by atoms with van der Waals surface area (Å²) in [7, 11) is 0. The molecule has 0 aliphatic carbocycles. The Morgan fingerprint density at radius 1 is 1.41 bits per heavy atom. The van der Waals surface area contributed by atoms with Crippen LogP contribution in [0.1, 0.15) is 32.6 Å². The highest BCUT2D eigenvalue weighted by Gasteiger charge is 2.42. The molecule has 96 valence electrons. The number of likely N-dealkylation sites (tertiary alicyclic amines) is 1. The van der Waals surface area contributed by atoms with Crippen molar-refractivity contribution in [3.8, 4) is 0 Å². The summed E-state index contributed by atoms with van der Waals surface area (Å²) in [5.41, 5.74) is 0. The maximum Gasteiger partial charge on any atom is 0.227 e. The zero-order chi connectivity index (χ0) is 11.8. The van der Waals surface area contributed by atoms with Gasteiger partial charge in [0.2, 0.25) is 5.91 Å². The van der Waals surface area contributed by atoms with Crippen LogP contribution in [0.5, 0.6) is 0 Å². The molecule has 0 bridgehead atoms. The lowest BCUT2D eigenvalue weighted by atomic mass is 9.94. The summed E-state index contributed by atoms with van der Waals surface area (Å²) < 4.78 is 5.81. The third-order valence-electron chi connectivity index (χ3n) is 4.37. The van der Waals surface area contributed by atoms with Gasteiger partial charge in [0.05, 0.1) is 18.1 Å². The molecular formula is C13H22N2O2. The lowest BCUT2D eigenvalue weighted by molar-refractivity contribution is -0.133. The van der Waals surface area contributed by atoms with Gasteiger partial charge in [-0.25, -0.2) is 0 Å². The summed E-state index contributed by atoms with van der Waals surface area (Å²) in [6, 6.07) is 0.398. The van der Waals surface area contributed by atoms with Crippen molar-refractivity contribution >= 4 is 5.91 Å². The summed E-state index contributed by atoms with van der Waals surface area (Å²) in [4.78, 5) is 14.3. The number of carbonyl (C=O) groups excluding carboxylic acids is 1. The van der Waals surface area contributed by atoms with Crippen molar-refractivity contribution in [3.05, 3.63) is 0 Å². The minimum absolute atomic E-state index is 0.238. The van der Waals surface area contributed by atoms with E-state index in [0.717, 1.165) is 45.3 Å². The molecule has 4 unspecified atom stereocenters. The Balaban J connectivity index is 1.59. The highest BCUT2D eigenvalue weighted by atomic mass is 16.5. The van der Waals surface area contributed by atoms with E-state index in [1.165, 1.54) is 0 Å². The molecule has 0 aromatic rings. The van der Waals surface area contributed by atoms with Crippen molar-refractivity contribution < 1.29 is 9.53 Å². The van der Waals surface area contributed by atoms with Gasteiger partial charge < -0.3 is 15.0 Å². The lowest BCUT2D eigenvalue weighted by Gasteiger charge is -2.23. The van der Waals surface area contributed by atoms with Crippen LogP contribution in [0.3, 0.4) is 0 Å². The minimum atomic E-state index is 0.238. The van der Waals surface area contributed by atoms with Gasteiger partial charge in [0.25, 0.3) is 0 Å². The van der Waals surface area contributed by atoms with E-state index in [9.17, 15) is 4.79 Å². The number of nitrogens with zero attached hydrogens (tertiary/aromatic N) is 1. The number of nitrogens with one attached hydrogen (secondary N) is 1. The second-order valence-electron chi connectivity index (χ2n) is 5.70. The molecule has 1 amide bonds. The molecule has 4 nitrogen and oxygen atoms in total.